The number of methoxy groups -OCH3 is 1. The number of carbonyl (C=O) groups excluding carboxylic acids is 3. The summed E-state index contributed by atoms with van der Waals surface area (Å²) in [6, 6.07) is 19.4. The van der Waals surface area contributed by atoms with Gasteiger partial charge in [0.1, 0.15) is 24.4 Å². The highest BCUT2D eigenvalue weighted by Crippen LogP contribution is 2.32. The van der Waals surface area contributed by atoms with Gasteiger partial charge >= 0.3 is 6.03 Å². The molecular formula is C31H34IN3O6. The van der Waals surface area contributed by atoms with Gasteiger partial charge in [0, 0.05) is 22.3 Å². The minimum atomic E-state index is -1.07. The number of amides is 4. The number of benzene rings is 3. The fourth-order valence-electron chi connectivity index (χ4n) is 4.68. The van der Waals surface area contributed by atoms with Crippen LogP contribution in [0.2, 0.25) is 0 Å². The number of aryl methyl sites for hydroxylation is 1. The van der Waals surface area contributed by atoms with E-state index in [4.69, 9.17) is 14.2 Å². The fourth-order valence-corrected chi connectivity index (χ4v) is 5.33. The van der Waals surface area contributed by atoms with E-state index in [2.05, 4.69) is 33.2 Å². The Morgan fingerprint density at radius 2 is 1.71 bits per heavy atom. The molecule has 1 unspecified atom stereocenters. The van der Waals surface area contributed by atoms with Gasteiger partial charge in [0.05, 0.1) is 19.8 Å². The second-order valence-corrected chi connectivity index (χ2v) is 11.0. The monoisotopic (exact) mass is 671 g/mol. The Bertz CT molecular complexity index is 1350. The van der Waals surface area contributed by atoms with Crippen molar-refractivity contribution in [1.29, 1.82) is 0 Å². The normalized spacial score (nSPS) is 16.3. The molecule has 1 aliphatic heterocycles. The summed E-state index contributed by atoms with van der Waals surface area (Å²) >= 11 is 2.21. The topological polar surface area (TPSA) is 106 Å². The van der Waals surface area contributed by atoms with Gasteiger partial charge in [-0.3, -0.25) is 9.59 Å². The highest BCUT2D eigenvalue weighted by atomic mass is 127. The fraction of sp³-hybridized carbons (Fsp3) is 0.323. The molecular weight excluding hydrogens is 637 g/mol. The van der Waals surface area contributed by atoms with E-state index in [0.29, 0.717) is 43.4 Å². The van der Waals surface area contributed by atoms with Crippen molar-refractivity contribution in [1.82, 2.24) is 10.2 Å². The molecule has 1 saturated heterocycles. The van der Waals surface area contributed by atoms with Gasteiger partial charge in [0.25, 0.3) is 5.91 Å². The number of halogens is 1. The van der Waals surface area contributed by atoms with Gasteiger partial charge in [0.2, 0.25) is 5.91 Å². The van der Waals surface area contributed by atoms with E-state index in [0.717, 1.165) is 19.6 Å². The highest BCUT2D eigenvalue weighted by Gasteiger charge is 2.47. The molecule has 4 rings (SSSR count). The van der Waals surface area contributed by atoms with Crippen LogP contribution in [0.4, 0.5) is 10.5 Å². The molecule has 0 bridgehead atoms. The van der Waals surface area contributed by atoms with Gasteiger partial charge in [-0.2, -0.15) is 0 Å². The van der Waals surface area contributed by atoms with E-state index < -0.39 is 35.8 Å². The summed E-state index contributed by atoms with van der Waals surface area (Å²) in [4.78, 5) is 41.9. The van der Waals surface area contributed by atoms with E-state index in [9.17, 15) is 14.4 Å². The SMILES string of the molecule is COCCOCCOc1ccc(C2NC(=O)N([C@H](C(=O)Nc3ccc(I)cc3C)[C@@H](C)c3ccccc3)C2=O)cc1. The van der Waals surface area contributed by atoms with Crippen molar-refractivity contribution >= 4 is 46.1 Å². The second kappa shape index (κ2) is 14.4. The number of ether oxygens (including phenoxy) is 3. The molecule has 4 amide bonds. The maximum absolute atomic E-state index is 13.8. The summed E-state index contributed by atoms with van der Waals surface area (Å²) in [5.41, 5.74) is 2.94. The molecule has 2 N–H and O–H groups in total. The van der Waals surface area contributed by atoms with Crippen LogP contribution in [0.25, 0.3) is 0 Å². The molecule has 0 aliphatic carbocycles. The Labute approximate surface area is 253 Å². The number of nitrogens with one attached hydrogen (secondary N) is 2. The van der Waals surface area contributed by atoms with E-state index in [1.54, 1.807) is 31.4 Å². The molecule has 0 aromatic heterocycles. The van der Waals surface area contributed by atoms with Crippen molar-refractivity contribution in [3.63, 3.8) is 0 Å². The number of hydrogen-bond acceptors (Lipinski definition) is 6. The van der Waals surface area contributed by atoms with E-state index in [-0.39, 0.29) is 0 Å². The van der Waals surface area contributed by atoms with Gasteiger partial charge in [-0.15, -0.1) is 0 Å². The maximum atomic E-state index is 13.8. The Balaban J connectivity index is 1.52. The lowest BCUT2D eigenvalue weighted by atomic mass is 9.91. The van der Waals surface area contributed by atoms with Crippen molar-refractivity contribution in [2.45, 2.75) is 31.8 Å². The molecule has 1 fully saturated rings. The summed E-state index contributed by atoms with van der Waals surface area (Å²) in [7, 11) is 1.61. The van der Waals surface area contributed by atoms with Gasteiger partial charge < -0.3 is 24.8 Å². The summed E-state index contributed by atoms with van der Waals surface area (Å²) in [5, 5.41) is 5.72. The van der Waals surface area contributed by atoms with Crippen molar-refractivity contribution < 1.29 is 28.6 Å². The smallest absolute Gasteiger partial charge is 0.325 e. The predicted molar refractivity (Wildman–Crippen MR) is 164 cm³/mol. The number of carbonyl (C=O) groups is 3. The number of rotatable bonds is 13. The summed E-state index contributed by atoms with van der Waals surface area (Å²) in [6.07, 6.45) is 0. The first kappa shape index (κ1) is 30.5. The van der Waals surface area contributed by atoms with Crippen molar-refractivity contribution in [3.8, 4) is 5.75 Å². The van der Waals surface area contributed by atoms with Crippen LogP contribution >= 0.6 is 22.6 Å². The highest BCUT2D eigenvalue weighted by molar-refractivity contribution is 14.1. The van der Waals surface area contributed by atoms with Crippen LogP contribution < -0.4 is 15.4 Å². The number of hydrogen-bond donors (Lipinski definition) is 2. The molecule has 0 saturated carbocycles. The summed E-state index contributed by atoms with van der Waals surface area (Å²) < 4.78 is 17.1. The molecule has 41 heavy (non-hydrogen) atoms. The number of nitrogens with zero attached hydrogens (tertiary/aromatic N) is 1. The minimum Gasteiger partial charge on any atom is -0.491 e. The van der Waals surface area contributed by atoms with Gasteiger partial charge in [0.15, 0.2) is 0 Å². The molecule has 3 aromatic carbocycles. The lowest BCUT2D eigenvalue weighted by Gasteiger charge is -2.30. The zero-order valence-corrected chi connectivity index (χ0v) is 25.4. The van der Waals surface area contributed by atoms with Crippen molar-refractivity contribution in [2.75, 3.05) is 38.9 Å². The number of imide groups is 1. The third kappa shape index (κ3) is 7.63. The summed E-state index contributed by atoms with van der Waals surface area (Å²) in [5.74, 6) is -0.778. The van der Waals surface area contributed by atoms with Gasteiger partial charge in [-0.1, -0.05) is 49.4 Å². The van der Waals surface area contributed by atoms with Gasteiger partial charge in [-0.05, 0) is 76.5 Å². The Morgan fingerprint density at radius 1 is 1.00 bits per heavy atom. The molecule has 10 heteroatoms. The molecule has 9 nitrogen and oxygen atoms in total. The van der Waals surface area contributed by atoms with Crippen molar-refractivity contribution in [2.24, 2.45) is 0 Å². The average molecular weight is 672 g/mol. The van der Waals surface area contributed by atoms with Crippen molar-refractivity contribution in [3.05, 3.63) is 93.1 Å². The zero-order chi connectivity index (χ0) is 29.4. The quantitative estimate of drug-likeness (QED) is 0.150. The molecule has 3 aromatic rings. The van der Waals surface area contributed by atoms with Crippen LogP contribution in [0.3, 0.4) is 0 Å². The third-order valence-corrected chi connectivity index (χ3v) is 7.58. The third-order valence-electron chi connectivity index (χ3n) is 6.90. The van der Waals surface area contributed by atoms with Gasteiger partial charge in [-0.25, -0.2) is 9.69 Å². The molecule has 1 heterocycles. The first-order chi connectivity index (χ1) is 19.8. The first-order valence-electron chi connectivity index (χ1n) is 13.3. The lowest BCUT2D eigenvalue weighted by Crippen LogP contribution is -2.50. The van der Waals surface area contributed by atoms with Crippen LogP contribution in [0.5, 0.6) is 5.75 Å². The molecule has 0 radical (unpaired) electrons. The molecule has 0 spiro atoms. The maximum Gasteiger partial charge on any atom is 0.325 e. The minimum absolute atomic E-state index is 0.365. The first-order valence-corrected chi connectivity index (χ1v) is 14.4. The van der Waals surface area contributed by atoms with E-state index in [1.807, 2.05) is 62.4 Å². The Kier molecular flexibility index (Phi) is 10.7. The van der Waals surface area contributed by atoms with Crippen LogP contribution in [-0.4, -0.2) is 62.3 Å². The van der Waals surface area contributed by atoms with Crippen LogP contribution in [-0.2, 0) is 19.1 Å². The summed E-state index contributed by atoms with van der Waals surface area (Å²) in [6.45, 7) is 5.54. The van der Waals surface area contributed by atoms with Crippen LogP contribution in [0.15, 0.2) is 72.8 Å². The van der Waals surface area contributed by atoms with Crippen LogP contribution in [0, 0.1) is 10.5 Å². The lowest BCUT2D eigenvalue weighted by molar-refractivity contribution is -0.134. The van der Waals surface area contributed by atoms with Crippen LogP contribution in [0.1, 0.15) is 35.6 Å². The predicted octanol–water partition coefficient (Wildman–Crippen LogP) is 5.05. The van der Waals surface area contributed by atoms with E-state index in [1.165, 1.54) is 0 Å². The second-order valence-electron chi connectivity index (χ2n) is 9.71. The Hall–Kier alpha value is -3.48. The number of anilines is 1. The Morgan fingerprint density at radius 3 is 2.39 bits per heavy atom. The molecule has 3 atom stereocenters. The zero-order valence-electron chi connectivity index (χ0n) is 23.3. The number of urea groups is 1. The standard InChI is InChI=1S/C31H34IN3O6/c1-20-19-24(32)11-14-26(20)33-29(36)28(21(2)22-7-5-4-6-8-22)35-30(37)27(34-31(35)38)23-9-12-25(13-10-23)41-18-17-40-16-15-39-3/h4-14,19,21,27-28H,15-18H2,1-3H3,(H,33,36)(H,34,38)/t21-,27?,28-/m0/s1. The average Bonchev–Trinajstić information content (AvgIpc) is 3.26. The van der Waals surface area contributed by atoms with E-state index >= 15 is 0 Å². The molecule has 216 valence electrons. The molecule has 1 aliphatic rings. The largest absolute Gasteiger partial charge is 0.491 e.